The average molecular weight is 212 g/mol. The number of nitrogens with zero attached hydrogens (tertiary/aromatic N) is 1. The lowest BCUT2D eigenvalue weighted by atomic mass is 10.4. The van der Waals surface area contributed by atoms with E-state index < -0.39 is 0 Å². The first kappa shape index (κ1) is 10.1. The molecule has 0 radical (unpaired) electrons. The molecule has 1 aromatic rings. The molecule has 0 aliphatic heterocycles. The minimum Gasteiger partial charge on any atom is -0.392 e. The molecular formula is C10H16N2OS. The fraction of sp³-hybridized carbons (Fsp3) is 0.700. The van der Waals surface area contributed by atoms with Crippen molar-refractivity contribution < 1.29 is 5.11 Å². The van der Waals surface area contributed by atoms with Crippen molar-refractivity contribution in [3.8, 4) is 0 Å². The molecule has 0 amide bonds. The second kappa shape index (κ2) is 4.38. The van der Waals surface area contributed by atoms with Crippen LogP contribution in [-0.4, -0.2) is 22.7 Å². The fourth-order valence-electron chi connectivity index (χ4n) is 1.71. The van der Waals surface area contributed by atoms with Gasteiger partial charge in [-0.05, 0) is 26.2 Å². The third kappa shape index (κ3) is 2.32. The molecule has 0 saturated carbocycles. The SMILES string of the molecule is CC(O)CNCc1nc2c(s1)CCC2. The zero-order valence-corrected chi connectivity index (χ0v) is 9.23. The van der Waals surface area contributed by atoms with Crippen LogP contribution in [-0.2, 0) is 19.4 Å². The Kier molecular flexibility index (Phi) is 3.15. The van der Waals surface area contributed by atoms with Gasteiger partial charge in [0.1, 0.15) is 5.01 Å². The minimum atomic E-state index is -0.276. The van der Waals surface area contributed by atoms with Crippen LogP contribution in [0.1, 0.15) is 28.9 Å². The molecule has 14 heavy (non-hydrogen) atoms. The molecule has 78 valence electrons. The van der Waals surface area contributed by atoms with Gasteiger partial charge in [-0.25, -0.2) is 4.98 Å². The Morgan fingerprint density at radius 3 is 3.14 bits per heavy atom. The van der Waals surface area contributed by atoms with Gasteiger partial charge in [-0.1, -0.05) is 0 Å². The Morgan fingerprint density at radius 2 is 2.43 bits per heavy atom. The zero-order chi connectivity index (χ0) is 9.97. The summed E-state index contributed by atoms with van der Waals surface area (Å²) >= 11 is 1.82. The quantitative estimate of drug-likeness (QED) is 0.785. The highest BCUT2D eigenvalue weighted by atomic mass is 32.1. The van der Waals surface area contributed by atoms with Crippen LogP contribution in [0.4, 0.5) is 0 Å². The number of aromatic nitrogens is 1. The Hall–Kier alpha value is -0.450. The standard InChI is InChI=1S/C10H16N2OS/c1-7(13)5-11-6-10-12-8-3-2-4-9(8)14-10/h7,11,13H,2-6H2,1H3. The van der Waals surface area contributed by atoms with Crippen molar-refractivity contribution in [3.05, 3.63) is 15.6 Å². The molecule has 1 aliphatic carbocycles. The molecule has 2 N–H and O–H groups in total. The number of hydrogen-bond acceptors (Lipinski definition) is 4. The van der Waals surface area contributed by atoms with Crippen LogP contribution in [0.2, 0.25) is 0 Å². The Balaban J connectivity index is 1.85. The Bertz CT molecular complexity index is 288. The second-order valence-corrected chi connectivity index (χ2v) is 4.98. The van der Waals surface area contributed by atoms with Crippen molar-refractivity contribution in [2.45, 2.75) is 38.8 Å². The summed E-state index contributed by atoms with van der Waals surface area (Å²) in [6.07, 6.45) is 3.36. The molecule has 0 saturated heterocycles. The van der Waals surface area contributed by atoms with Crippen LogP contribution in [0.25, 0.3) is 0 Å². The first-order chi connectivity index (χ1) is 6.75. The molecule has 0 bridgehead atoms. The smallest absolute Gasteiger partial charge is 0.107 e. The lowest BCUT2D eigenvalue weighted by Gasteiger charge is -2.04. The van der Waals surface area contributed by atoms with Gasteiger partial charge in [0.15, 0.2) is 0 Å². The monoisotopic (exact) mass is 212 g/mol. The number of fused-ring (bicyclic) bond motifs is 1. The summed E-state index contributed by atoms with van der Waals surface area (Å²) in [4.78, 5) is 6.03. The molecule has 0 spiro atoms. The zero-order valence-electron chi connectivity index (χ0n) is 8.42. The number of rotatable bonds is 4. The van der Waals surface area contributed by atoms with Crippen molar-refractivity contribution in [2.75, 3.05) is 6.54 Å². The van der Waals surface area contributed by atoms with Crippen LogP contribution in [0, 0.1) is 0 Å². The first-order valence-corrected chi connectivity index (χ1v) is 5.93. The van der Waals surface area contributed by atoms with Crippen LogP contribution in [0.5, 0.6) is 0 Å². The fourth-order valence-corrected chi connectivity index (χ4v) is 2.83. The number of thiazole rings is 1. The highest BCUT2D eigenvalue weighted by molar-refractivity contribution is 7.11. The van der Waals surface area contributed by atoms with Crippen LogP contribution in [0.15, 0.2) is 0 Å². The van der Waals surface area contributed by atoms with E-state index in [-0.39, 0.29) is 6.10 Å². The number of aryl methyl sites for hydroxylation is 2. The largest absolute Gasteiger partial charge is 0.392 e. The maximum absolute atomic E-state index is 9.07. The van der Waals surface area contributed by atoms with Crippen molar-refractivity contribution >= 4 is 11.3 Å². The lowest BCUT2D eigenvalue weighted by Crippen LogP contribution is -2.23. The summed E-state index contributed by atoms with van der Waals surface area (Å²) in [5, 5.41) is 13.4. The number of aliphatic hydroxyl groups excluding tert-OH is 1. The second-order valence-electron chi connectivity index (χ2n) is 3.81. The van der Waals surface area contributed by atoms with E-state index in [9.17, 15) is 0 Å². The molecule has 2 rings (SSSR count). The van der Waals surface area contributed by atoms with Gasteiger partial charge in [-0.15, -0.1) is 11.3 Å². The minimum absolute atomic E-state index is 0.276. The maximum Gasteiger partial charge on any atom is 0.107 e. The predicted octanol–water partition coefficient (Wildman–Crippen LogP) is 1.10. The summed E-state index contributed by atoms with van der Waals surface area (Å²) in [5.74, 6) is 0. The van der Waals surface area contributed by atoms with E-state index in [1.807, 2.05) is 11.3 Å². The van der Waals surface area contributed by atoms with Crippen molar-refractivity contribution in [3.63, 3.8) is 0 Å². The van der Waals surface area contributed by atoms with E-state index in [1.165, 1.54) is 23.4 Å². The number of nitrogens with one attached hydrogen (secondary N) is 1. The average Bonchev–Trinajstić information content (AvgIpc) is 2.62. The van der Waals surface area contributed by atoms with E-state index in [4.69, 9.17) is 5.11 Å². The van der Waals surface area contributed by atoms with E-state index >= 15 is 0 Å². The van der Waals surface area contributed by atoms with E-state index in [0.29, 0.717) is 6.54 Å². The topological polar surface area (TPSA) is 45.1 Å². The number of hydrogen-bond donors (Lipinski definition) is 2. The Labute approximate surface area is 88.2 Å². The molecule has 3 nitrogen and oxygen atoms in total. The highest BCUT2D eigenvalue weighted by Crippen LogP contribution is 2.27. The van der Waals surface area contributed by atoms with Gasteiger partial charge >= 0.3 is 0 Å². The van der Waals surface area contributed by atoms with Gasteiger partial charge in [-0.2, -0.15) is 0 Å². The molecule has 1 aromatic heterocycles. The normalized spacial score (nSPS) is 17.0. The van der Waals surface area contributed by atoms with E-state index in [2.05, 4.69) is 10.3 Å². The lowest BCUT2D eigenvalue weighted by molar-refractivity contribution is 0.191. The van der Waals surface area contributed by atoms with Gasteiger partial charge in [0.05, 0.1) is 11.8 Å². The predicted molar refractivity (Wildman–Crippen MR) is 57.5 cm³/mol. The first-order valence-electron chi connectivity index (χ1n) is 5.12. The van der Waals surface area contributed by atoms with Gasteiger partial charge in [0.2, 0.25) is 0 Å². The molecule has 1 aliphatic rings. The van der Waals surface area contributed by atoms with Crippen molar-refractivity contribution in [2.24, 2.45) is 0 Å². The van der Waals surface area contributed by atoms with Crippen molar-refractivity contribution in [1.82, 2.24) is 10.3 Å². The van der Waals surface area contributed by atoms with Crippen LogP contribution < -0.4 is 5.32 Å². The molecule has 0 aromatic carbocycles. The molecule has 1 atom stereocenters. The maximum atomic E-state index is 9.07. The third-order valence-corrected chi connectivity index (χ3v) is 3.51. The van der Waals surface area contributed by atoms with Gasteiger partial charge in [0.25, 0.3) is 0 Å². The summed E-state index contributed by atoms with van der Waals surface area (Å²) in [7, 11) is 0. The summed E-state index contributed by atoms with van der Waals surface area (Å²) in [5.41, 5.74) is 1.31. The van der Waals surface area contributed by atoms with Crippen LogP contribution in [0.3, 0.4) is 0 Å². The molecular weight excluding hydrogens is 196 g/mol. The van der Waals surface area contributed by atoms with Gasteiger partial charge in [-0.3, -0.25) is 0 Å². The van der Waals surface area contributed by atoms with E-state index in [1.54, 1.807) is 6.92 Å². The highest BCUT2D eigenvalue weighted by Gasteiger charge is 2.16. The Morgan fingerprint density at radius 1 is 1.57 bits per heavy atom. The summed E-state index contributed by atoms with van der Waals surface area (Å²) in [6, 6.07) is 0. The number of aliphatic hydroxyl groups is 1. The molecule has 4 heteroatoms. The van der Waals surface area contributed by atoms with Gasteiger partial charge in [0, 0.05) is 18.0 Å². The van der Waals surface area contributed by atoms with E-state index in [0.717, 1.165) is 18.0 Å². The van der Waals surface area contributed by atoms with Crippen LogP contribution >= 0.6 is 11.3 Å². The third-order valence-electron chi connectivity index (χ3n) is 2.36. The van der Waals surface area contributed by atoms with Gasteiger partial charge < -0.3 is 10.4 Å². The molecule has 1 heterocycles. The van der Waals surface area contributed by atoms with Crippen molar-refractivity contribution in [1.29, 1.82) is 0 Å². The summed E-state index contributed by atoms with van der Waals surface area (Å²) in [6.45, 7) is 3.22. The summed E-state index contributed by atoms with van der Waals surface area (Å²) < 4.78 is 0. The molecule has 1 unspecified atom stereocenters. The molecule has 0 fully saturated rings.